The molecule has 2 aromatic carbocycles. The first-order valence-electron chi connectivity index (χ1n) is 10.5. The summed E-state index contributed by atoms with van der Waals surface area (Å²) in [5, 5.41) is 3.43. The van der Waals surface area contributed by atoms with Crippen molar-refractivity contribution in [3.63, 3.8) is 0 Å². The zero-order valence-corrected chi connectivity index (χ0v) is 17.7. The van der Waals surface area contributed by atoms with Gasteiger partial charge in [-0.2, -0.15) is 9.97 Å². The van der Waals surface area contributed by atoms with Gasteiger partial charge in [0.2, 0.25) is 5.95 Å². The van der Waals surface area contributed by atoms with E-state index in [1.165, 1.54) is 19.3 Å². The van der Waals surface area contributed by atoms with Crippen LogP contribution in [0.2, 0.25) is 0 Å². The molecule has 2 heterocycles. The van der Waals surface area contributed by atoms with E-state index in [-0.39, 0.29) is 0 Å². The minimum atomic E-state index is 0.543. The molecule has 30 heavy (non-hydrogen) atoms. The normalized spacial score (nSPS) is 13.7. The summed E-state index contributed by atoms with van der Waals surface area (Å²) in [4.78, 5) is 13.8. The molecule has 6 heteroatoms. The molecule has 1 saturated heterocycles. The third-order valence-corrected chi connectivity index (χ3v) is 5.15. The average Bonchev–Trinajstić information content (AvgIpc) is 2.79. The SMILES string of the molecule is CN(C)c1cc(Nc2cccc(OCc3ccccc3)c2)nc(N2CCCCC2)n1. The van der Waals surface area contributed by atoms with Gasteiger partial charge in [-0.3, -0.25) is 0 Å². The van der Waals surface area contributed by atoms with Gasteiger partial charge in [-0.15, -0.1) is 0 Å². The standard InChI is InChI=1S/C24H29N5O/c1-28(2)23-17-22(26-24(27-23)29-14-7-4-8-15-29)25-20-12-9-13-21(16-20)30-18-19-10-5-3-6-11-19/h3,5-6,9-13,16-17H,4,7-8,14-15,18H2,1-2H3,(H,25,26,27). The lowest BCUT2D eigenvalue weighted by molar-refractivity contribution is 0.306. The lowest BCUT2D eigenvalue weighted by Crippen LogP contribution is -2.31. The maximum absolute atomic E-state index is 5.96. The topological polar surface area (TPSA) is 53.5 Å². The molecular formula is C24H29N5O. The predicted octanol–water partition coefficient (Wildman–Crippen LogP) is 4.86. The minimum Gasteiger partial charge on any atom is -0.489 e. The quantitative estimate of drug-likeness (QED) is 0.608. The van der Waals surface area contributed by atoms with Crippen molar-refractivity contribution in [1.82, 2.24) is 9.97 Å². The molecule has 1 aromatic heterocycles. The zero-order chi connectivity index (χ0) is 20.8. The summed E-state index contributed by atoms with van der Waals surface area (Å²) in [6.07, 6.45) is 3.67. The Labute approximate surface area is 178 Å². The molecule has 0 aliphatic carbocycles. The zero-order valence-electron chi connectivity index (χ0n) is 17.7. The van der Waals surface area contributed by atoms with Crippen LogP contribution in [0.4, 0.5) is 23.3 Å². The monoisotopic (exact) mass is 403 g/mol. The number of nitrogens with one attached hydrogen (secondary N) is 1. The number of hydrogen-bond donors (Lipinski definition) is 1. The molecule has 0 saturated carbocycles. The highest BCUT2D eigenvalue weighted by molar-refractivity contribution is 5.63. The molecule has 3 aromatic rings. The molecule has 1 N–H and O–H groups in total. The predicted molar refractivity (Wildman–Crippen MR) is 123 cm³/mol. The fraction of sp³-hybridized carbons (Fsp3) is 0.333. The summed E-state index contributed by atoms with van der Waals surface area (Å²) in [5.74, 6) is 3.29. The van der Waals surface area contributed by atoms with E-state index < -0.39 is 0 Å². The first kappa shape index (κ1) is 20.0. The molecule has 0 spiro atoms. The van der Waals surface area contributed by atoms with Crippen LogP contribution >= 0.6 is 0 Å². The Kier molecular flexibility index (Phi) is 6.32. The van der Waals surface area contributed by atoms with Crippen LogP contribution in [0.25, 0.3) is 0 Å². The number of piperidine rings is 1. The Morgan fingerprint density at radius 3 is 2.50 bits per heavy atom. The van der Waals surface area contributed by atoms with Gasteiger partial charge in [0.05, 0.1) is 0 Å². The van der Waals surface area contributed by atoms with Crippen molar-refractivity contribution < 1.29 is 4.74 Å². The molecular weight excluding hydrogens is 374 g/mol. The van der Waals surface area contributed by atoms with Crippen LogP contribution in [0.3, 0.4) is 0 Å². The molecule has 1 aliphatic rings. The van der Waals surface area contributed by atoms with Gasteiger partial charge in [0.15, 0.2) is 0 Å². The van der Waals surface area contributed by atoms with E-state index in [1.807, 2.05) is 67.5 Å². The molecule has 156 valence electrons. The number of rotatable bonds is 7. The summed E-state index contributed by atoms with van der Waals surface area (Å²) < 4.78 is 5.96. The maximum Gasteiger partial charge on any atom is 0.229 e. The number of nitrogens with zero attached hydrogens (tertiary/aromatic N) is 4. The molecule has 0 bridgehead atoms. The number of aromatic nitrogens is 2. The van der Waals surface area contributed by atoms with Crippen molar-refractivity contribution in [2.24, 2.45) is 0 Å². The van der Waals surface area contributed by atoms with Crippen LogP contribution in [0.15, 0.2) is 60.7 Å². The van der Waals surface area contributed by atoms with Crippen molar-refractivity contribution in [1.29, 1.82) is 0 Å². The summed E-state index contributed by atoms with van der Waals surface area (Å²) in [6, 6.07) is 20.1. The fourth-order valence-electron chi connectivity index (χ4n) is 3.50. The van der Waals surface area contributed by atoms with Gasteiger partial charge in [0.1, 0.15) is 24.0 Å². The van der Waals surface area contributed by atoms with E-state index in [4.69, 9.17) is 14.7 Å². The molecule has 0 atom stereocenters. The second-order valence-electron chi connectivity index (χ2n) is 7.78. The molecule has 0 unspecified atom stereocenters. The Morgan fingerprint density at radius 2 is 1.73 bits per heavy atom. The van der Waals surface area contributed by atoms with E-state index in [0.29, 0.717) is 6.61 Å². The van der Waals surface area contributed by atoms with E-state index in [9.17, 15) is 0 Å². The van der Waals surface area contributed by atoms with Crippen molar-refractivity contribution in [3.05, 3.63) is 66.2 Å². The maximum atomic E-state index is 5.96. The molecule has 0 radical (unpaired) electrons. The number of benzene rings is 2. The summed E-state index contributed by atoms with van der Waals surface area (Å²) in [5.41, 5.74) is 2.09. The molecule has 1 fully saturated rings. The van der Waals surface area contributed by atoms with Crippen LogP contribution in [0.1, 0.15) is 24.8 Å². The van der Waals surface area contributed by atoms with E-state index in [0.717, 1.165) is 47.7 Å². The smallest absolute Gasteiger partial charge is 0.229 e. The highest BCUT2D eigenvalue weighted by Crippen LogP contribution is 2.26. The lowest BCUT2D eigenvalue weighted by Gasteiger charge is -2.28. The van der Waals surface area contributed by atoms with Crippen molar-refractivity contribution in [3.8, 4) is 5.75 Å². The van der Waals surface area contributed by atoms with Gasteiger partial charge in [0.25, 0.3) is 0 Å². The van der Waals surface area contributed by atoms with Gasteiger partial charge in [-0.1, -0.05) is 36.4 Å². The van der Waals surface area contributed by atoms with Gasteiger partial charge < -0.3 is 19.9 Å². The van der Waals surface area contributed by atoms with Gasteiger partial charge in [-0.25, -0.2) is 0 Å². The molecule has 6 nitrogen and oxygen atoms in total. The lowest BCUT2D eigenvalue weighted by atomic mass is 10.1. The summed E-state index contributed by atoms with van der Waals surface area (Å²) in [6.45, 7) is 2.57. The third-order valence-electron chi connectivity index (χ3n) is 5.15. The minimum absolute atomic E-state index is 0.543. The molecule has 1 aliphatic heterocycles. The van der Waals surface area contributed by atoms with Crippen molar-refractivity contribution >= 4 is 23.3 Å². The highest BCUT2D eigenvalue weighted by Gasteiger charge is 2.16. The highest BCUT2D eigenvalue weighted by atomic mass is 16.5. The Bertz CT molecular complexity index is 955. The number of ether oxygens (including phenoxy) is 1. The van der Waals surface area contributed by atoms with Crippen LogP contribution in [-0.4, -0.2) is 37.2 Å². The Balaban J connectivity index is 1.50. The van der Waals surface area contributed by atoms with Crippen LogP contribution in [0.5, 0.6) is 5.75 Å². The van der Waals surface area contributed by atoms with Gasteiger partial charge >= 0.3 is 0 Å². The summed E-state index contributed by atoms with van der Waals surface area (Å²) in [7, 11) is 4.01. The second-order valence-corrected chi connectivity index (χ2v) is 7.78. The van der Waals surface area contributed by atoms with E-state index in [1.54, 1.807) is 0 Å². The third kappa shape index (κ3) is 5.20. The van der Waals surface area contributed by atoms with Crippen LogP contribution in [-0.2, 0) is 6.61 Å². The van der Waals surface area contributed by atoms with E-state index in [2.05, 4.69) is 22.3 Å². The number of hydrogen-bond acceptors (Lipinski definition) is 6. The fourth-order valence-corrected chi connectivity index (χ4v) is 3.50. The Morgan fingerprint density at radius 1 is 0.933 bits per heavy atom. The molecule has 0 amide bonds. The Hall–Kier alpha value is -3.28. The van der Waals surface area contributed by atoms with Crippen molar-refractivity contribution in [2.45, 2.75) is 25.9 Å². The number of anilines is 4. The van der Waals surface area contributed by atoms with Gasteiger partial charge in [0, 0.05) is 45.0 Å². The summed E-state index contributed by atoms with van der Waals surface area (Å²) >= 11 is 0. The average molecular weight is 404 g/mol. The second kappa shape index (κ2) is 9.48. The molecule has 4 rings (SSSR count). The van der Waals surface area contributed by atoms with Crippen LogP contribution < -0.4 is 19.9 Å². The largest absolute Gasteiger partial charge is 0.489 e. The van der Waals surface area contributed by atoms with Gasteiger partial charge in [-0.05, 0) is 37.0 Å². The van der Waals surface area contributed by atoms with E-state index >= 15 is 0 Å². The van der Waals surface area contributed by atoms with Crippen LogP contribution in [0, 0.1) is 0 Å². The first-order chi connectivity index (χ1) is 14.7. The van der Waals surface area contributed by atoms with Crippen molar-refractivity contribution in [2.75, 3.05) is 42.3 Å². The first-order valence-corrected chi connectivity index (χ1v) is 10.5.